The highest BCUT2D eigenvalue weighted by molar-refractivity contribution is 5.79. The summed E-state index contributed by atoms with van der Waals surface area (Å²) < 4.78 is 31.6. The summed E-state index contributed by atoms with van der Waals surface area (Å²) in [5.74, 6) is 1.65. The number of nitrogens with zero attached hydrogens (tertiary/aromatic N) is 4. The van der Waals surface area contributed by atoms with Crippen molar-refractivity contribution in [2.45, 2.75) is 40.0 Å². The molecular formula is C17H24F2N6O. The van der Waals surface area contributed by atoms with Gasteiger partial charge >= 0.3 is 6.61 Å². The molecule has 0 aliphatic rings. The van der Waals surface area contributed by atoms with Crippen molar-refractivity contribution < 1.29 is 13.5 Å². The van der Waals surface area contributed by atoms with E-state index in [1.807, 2.05) is 24.5 Å². The van der Waals surface area contributed by atoms with Crippen LogP contribution in [0.5, 0.6) is 5.75 Å². The van der Waals surface area contributed by atoms with Gasteiger partial charge in [0, 0.05) is 38.7 Å². The number of hydrogen-bond acceptors (Lipinski definition) is 4. The summed E-state index contributed by atoms with van der Waals surface area (Å²) in [7, 11) is 1.65. The van der Waals surface area contributed by atoms with Crippen LogP contribution in [0.1, 0.15) is 23.9 Å². The van der Waals surface area contributed by atoms with Crippen molar-refractivity contribution in [3.63, 3.8) is 0 Å². The van der Waals surface area contributed by atoms with Crippen molar-refractivity contribution in [3.8, 4) is 5.75 Å². The lowest BCUT2D eigenvalue weighted by Gasteiger charge is -2.15. The molecule has 0 fully saturated rings. The van der Waals surface area contributed by atoms with E-state index in [2.05, 4.69) is 30.6 Å². The lowest BCUT2D eigenvalue weighted by Crippen LogP contribution is -2.38. The molecule has 142 valence electrons. The van der Waals surface area contributed by atoms with Crippen molar-refractivity contribution in [2.24, 2.45) is 4.99 Å². The van der Waals surface area contributed by atoms with Crippen LogP contribution in [-0.4, -0.2) is 40.9 Å². The van der Waals surface area contributed by atoms with Gasteiger partial charge in [0.15, 0.2) is 5.96 Å². The summed E-state index contributed by atoms with van der Waals surface area (Å²) in [6.45, 7) is 2.70. The van der Waals surface area contributed by atoms with Gasteiger partial charge < -0.3 is 19.9 Å². The third-order valence-corrected chi connectivity index (χ3v) is 3.76. The Hall–Kier alpha value is -2.71. The van der Waals surface area contributed by atoms with Crippen LogP contribution in [0.4, 0.5) is 8.78 Å². The normalized spacial score (nSPS) is 11.7. The number of guanidine groups is 1. The number of ether oxygens (including phenoxy) is 1. The molecule has 0 radical (unpaired) electrons. The van der Waals surface area contributed by atoms with Gasteiger partial charge in [-0.15, -0.1) is 10.2 Å². The molecule has 0 aliphatic heterocycles. The zero-order valence-corrected chi connectivity index (χ0v) is 15.2. The molecule has 1 aromatic carbocycles. The second-order valence-electron chi connectivity index (χ2n) is 5.64. The molecule has 2 rings (SSSR count). The highest BCUT2D eigenvalue weighted by Crippen LogP contribution is 2.21. The number of hydrogen-bond donors (Lipinski definition) is 2. The summed E-state index contributed by atoms with van der Waals surface area (Å²) >= 11 is 0. The minimum Gasteiger partial charge on any atom is -0.434 e. The summed E-state index contributed by atoms with van der Waals surface area (Å²) in [4.78, 5) is 4.14. The first-order chi connectivity index (χ1) is 12.5. The fourth-order valence-electron chi connectivity index (χ4n) is 2.49. The lowest BCUT2D eigenvalue weighted by molar-refractivity contribution is -0.0504. The SMILES string of the molecule is CCc1nncn1CCNC(=NC)NCc1cc(C)ccc1OC(F)F. The molecule has 7 nitrogen and oxygen atoms in total. The number of nitrogens with one attached hydrogen (secondary N) is 2. The molecule has 2 N–H and O–H groups in total. The average molecular weight is 366 g/mol. The van der Waals surface area contributed by atoms with Gasteiger partial charge in [-0.05, 0) is 13.0 Å². The number of rotatable bonds is 8. The Morgan fingerprint density at radius 3 is 2.85 bits per heavy atom. The van der Waals surface area contributed by atoms with Crippen molar-refractivity contribution in [2.75, 3.05) is 13.6 Å². The second-order valence-corrected chi connectivity index (χ2v) is 5.64. The van der Waals surface area contributed by atoms with Gasteiger partial charge in [0.05, 0.1) is 0 Å². The van der Waals surface area contributed by atoms with Crippen LogP contribution in [-0.2, 0) is 19.5 Å². The molecule has 26 heavy (non-hydrogen) atoms. The number of aryl methyl sites for hydroxylation is 2. The first kappa shape index (κ1) is 19.6. The third-order valence-electron chi connectivity index (χ3n) is 3.76. The summed E-state index contributed by atoms with van der Waals surface area (Å²) in [5, 5.41) is 14.2. The fraction of sp³-hybridized carbons (Fsp3) is 0.471. The number of aliphatic imine (C=N–C) groups is 1. The molecule has 1 heterocycles. The molecule has 2 aromatic rings. The second kappa shape index (κ2) is 9.69. The summed E-state index contributed by atoms with van der Waals surface area (Å²) in [6.07, 6.45) is 2.50. The number of benzene rings is 1. The summed E-state index contributed by atoms with van der Waals surface area (Å²) in [5.41, 5.74) is 1.60. The maximum absolute atomic E-state index is 12.5. The van der Waals surface area contributed by atoms with E-state index in [0.717, 1.165) is 17.8 Å². The predicted molar refractivity (Wildman–Crippen MR) is 95.4 cm³/mol. The number of aromatic nitrogens is 3. The third kappa shape index (κ3) is 5.68. The van der Waals surface area contributed by atoms with Crippen LogP contribution >= 0.6 is 0 Å². The Morgan fingerprint density at radius 2 is 2.15 bits per heavy atom. The number of halogens is 2. The van der Waals surface area contributed by atoms with Crippen LogP contribution in [0.15, 0.2) is 29.5 Å². The molecule has 0 bridgehead atoms. The topological polar surface area (TPSA) is 76.4 Å². The van der Waals surface area contributed by atoms with Gasteiger partial charge in [-0.2, -0.15) is 8.78 Å². The molecule has 0 saturated carbocycles. The van der Waals surface area contributed by atoms with E-state index in [-0.39, 0.29) is 5.75 Å². The Labute approximate surface area is 151 Å². The van der Waals surface area contributed by atoms with Gasteiger partial charge in [-0.1, -0.05) is 24.6 Å². The van der Waals surface area contributed by atoms with E-state index in [4.69, 9.17) is 0 Å². The van der Waals surface area contributed by atoms with E-state index < -0.39 is 6.61 Å². The van der Waals surface area contributed by atoms with Gasteiger partial charge in [0.1, 0.15) is 17.9 Å². The maximum atomic E-state index is 12.5. The predicted octanol–water partition coefficient (Wildman–Crippen LogP) is 2.12. The van der Waals surface area contributed by atoms with Crippen molar-refractivity contribution >= 4 is 5.96 Å². The molecule has 9 heteroatoms. The fourth-order valence-corrected chi connectivity index (χ4v) is 2.49. The van der Waals surface area contributed by atoms with Crippen LogP contribution in [0.25, 0.3) is 0 Å². The van der Waals surface area contributed by atoms with Crippen molar-refractivity contribution in [1.29, 1.82) is 0 Å². The number of alkyl halides is 2. The standard InChI is InChI=1S/C17H24F2N6O/c1-4-15-24-23-11-25(15)8-7-21-17(20-3)22-10-13-9-12(2)5-6-14(13)26-16(18)19/h5-6,9,11,16H,4,7-8,10H2,1-3H3,(H2,20,21,22). The first-order valence-corrected chi connectivity index (χ1v) is 8.39. The molecule has 0 unspecified atom stereocenters. The Kier molecular flexibility index (Phi) is 7.31. The minimum absolute atomic E-state index is 0.158. The Balaban J connectivity index is 1.89. The highest BCUT2D eigenvalue weighted by Gasteiger charge is 2.10. The molecule has 0 amide bonds. The van der Waals surface area contributed by atoms with Gasteiger partial charge in [0.25, 0.3) is 0 Å². The largest absolute Gasteiger partial charge is 0.434 e. The molecule has 0 atom stereocenters. The van der Waals surface area contributed by atoms with E-state index in [9.17, 15) is 8.78 Å². The average Bonchev–Trinajstić information content (AvgIpc) is 3.07. The quantitative estimate of drug-likeness (QED) is 0.553. The zero-order valence-electron chi connectivity index (χ0n) is 15.2. The molecule has 1 aromatic heterocycles. The van der Waals surface area contributed by atoms with Gasteiger partial charge in [-0.3, -0.25) is 4.99 Å². The lowest BCUT2D eigenvalue weighted by atomic mass is 10.1. The Morgan fingerprint density at radius 1 is 1.35 bits per heavy atom. The van der Waals surface area contributed by atoms with Crippen LogP contribution < -0.4 is 15.4 Å². The molecule has 0 aliphatic carbocycles. The van der Waals surface area contributed by atoms with E-state index in [0.29, 0.717) is 31.2 Å². The van der Waals surface area contributed by atoms with Gasteiger partial charge in [-0.25, -0.2) is 0 Å². The van der Waals surface area contributed by atoms with E-state index in [1.54, 1.807) is 25.5 Å². The monoisotopic (exact) mass is 366 g/mol. The highest BCUT2D eigenvalue weighted by atomic mass is 19.3. The van der Waals surface area contributed by atoms with Gasteiger partial charge in [0.2, 0.25) is 0 Å². The molecular weight excluding hydrogens is 342 g/mol. The van der Waals surface area contributed by atoms with Crippen LogP contribution in [0.3, 0.4) is 0 Å². The summed E-state index contributed by atoms with van der Waals surface area (Å²) in [6, 6.07) is 5.09. The van der Waals surface area contributed by atoms with Crippen LogP contribution in [0.2, 0.25) is 0 Å². The minimum atomic E-state index is -2.86. The van der Waals surface area contributed by atoms with Crippen molar-refractivity contribution in [3.05, 3.63) is 41.5 Å². The van der Waals surface area contributed by atoms with E-state index in [1.165, 1.54) is 0 Å². The van der Waals surface area contributed by atoms with Crippen LogP contribution in [0, 0.1) is 6.92 Å². The zero-order chi connectivity index (χ0) is 18.9. The van der Waals surface area contributed by atoms with E-state index >= 15 is 0 Å². The maximum Gasteiger partial charge on any atom is 0.387 e. The smallest absolute Gasteiger partial charge is 0.387 e. The Bertz CT molecular complexity index is 732. The molecule has 0 saturated heterocycles. The first-order valence-electron chi connectivity index (χ1n) is 8.39. The molecule has 0 spiro atoms. The van der Waals surface area contributed by atoms with Crippen molar-refractivity contribution in [1.82, 2.24) is 25.4 Å².